The highest BCUT2D eigenvalue weighted by Gasteiger charge is 2.21. The largest absolute Gasteiger partial charge is 0.330 e. The van der Waals surface area contributed by atoms with E-state index in [1.54, 1.807) is 0 Å². The fourth-order valence-electron chi connectivity index (χ4n) is 2.71. The SMILES string of the molecule is CCCN(CC)CC1CCC(CN)CC1. The Labute approximate surface area is 95.2 Å². The second-order valence-electron chi connectivity index (χ2n) is 5.02. The molecule has 1 rings (SSSR count). The smallest absolute Gasteiger partial charge is 0.000954 e. The summed E-state index contributed by atoms with van der Waals surface area (Å²) in [6.07, 6.45) is 6.83. The lowest BCUT2D eigenvalue weighted by Gasteiger charge is -2.31. The van der Waals surface area contributed by atoms with Gasteiger partial charge >= 0.3 is 0 Å². The van der Waals surface area contributed by atoms with Gasteiger partial charge in [-0.2, -0.15) is 0 Å². The molecule has 2 nitrogen and oxygen atoms in total. The monoisotopic (exact) mass is 212 g/mol. The van der Waals surface area contributed by atoms with Crippen molar-refractivity contribution in [1.82, 2.24) is 4.90 Å². The van der Waals surface area contributed by atoms with Crippen molar-refractivity contribution in [3.63, 3.8) is 0 Å². The lowest BCUT2D eigenvalue weighted by Crippen LogP contribution is -2.33. The molecule has 2 heteroatoms. The molecule has 0 heterocycles. The van der Waals surface area contributed by atoms with E-state index in [1.807, 2.05) is 0 Å². The zero-order valence-corrected chi connectivity index (χ0v) is 10.5. The summed E-state index contributed by atoms with van der Waals surface area (Å²) in [6.45, 7) is 9.26. The number of nitrogens with zero attached hydrogens (tertiary/aromatic N) is 1. The lowest BCUT2D eigenvalue weighted by atomic mass is 9.82. The van der Waals surface area contributed by atoms with E-state index >= 15 is 0 Å². The molecule has 1 aliphatic carbocycles. The van der Waals surface area contributed by atoms with Gasteiger partial charge in [-0.3, -0.25) is 0 Å². The minimum atomic E-state index is 0.822. The predicted molar refractivity (Wildman–Crippen MR) is 66.9 cm³/mol. The van der Waals surface area contributed by atoms with Crippen LogP contribution in [0.1, 0.15) is 46.0 Å². The van der Waals surface area contributed by atoms with Crippen molar-refractivity contribution in [2.24, 2.45) is 17.6 Å². The van der Waals surface area contributed by atoms with E-state index in [2.05, 4.69) is 18.7 Å². The van der Waals surface area contributed by atoms with Crippen molar-refractivity contribution < 1.29 is 0 Å². The molecule has 0 aromatic heterocycles. The van der Waals surface area contributed by atoms with Crippen molar-refractivity contribution in [3.05, 3.63) is 0 Å². The number of hydrogen-bond donors (Lipinski definition) is 1. The van der Waals surface area contributed by atoms with Gasteiger partial charge in [-0.05, 0) is 63.6 Å². The second-order valence-corrected chi connectivity index (χ2v) is 5.02. The van der Waals surface area contributed by atoms with Crippen LogP contribution in [0.25, 0.3) is 0 Å². The van der Waals surface area contributed by atoms with Crippen LogP contribution in [-0.4, -0.2) is 31.1 Å². The van der Waals surface area contributed by atoms with Crippen LogP contribution in [0.3, 0.4) is 0 Å². The van der Waals surface area contributed by atoms with Crippen molar-refractivity contribution in [1.29, 1.82) is 0 Å². The van der Waals surface area contributed by atoms with E-state index < -0.39 is 0 Å². The number of hydrogen-bond acceptors (Lipinski definition) is 2. The van der Waals surface area contributed by atoms with Gasteiger partial charge in [0.15, 0.2) is 0 Å². The van der Waals surface area contributed by atoms with E-state index in [-0.39, 0.29) is 0 Å². The Balaban J connectivity index is 2.21. The summed E-state index contributed by atoms with van der Waals surface area (Å²) >= 11 is 0. The van der Waals surface area contributed by atoms with E-state index in [1.165, 1.54) is 51.7 Å². The number of rotatable bonds is 6. The van der Waals surface area contributed by atoms with Gasteiger partial charge in [0.25, 0.3) is 0 Å². The maximum atomic E-state index is 5.71. The molecule has 15 heavy (non-hydrogen) atoms. The van der Waals surface area contributed by atoms with Gasteiger partial charge in [-0.15, -0.1) is 0 Å². The van der Waals surface area contributed by atoms with Gasteiger partial charge in [-0.1, -0.05) is 13.8 Å². The van der Waals surface area contributed by atoms with Gasteiger partial charge in [0.05, 0.1) is 0 Å². The third kappa shape index (κ3) is 4.52. The number of nitrogens with two attached hydrogens (primary N) is 1. The van der Waals surface area contributed by atoms with Crippen LogP contribution in [0.4, 0.5) is 0 Å². The molecule has 0 unspecified atom stereocenters. The third-order valence-corrected chi connectivity index (χ3v) is 3.80. The van der Waals surface area contributed by atoms with Crippen LogP contribution in [-0.2, 0) is 0 Å². The first-order chi connectivity index (χ1) is 7.30. The molecule has 0 amide bonds. The lowest BCUT2D eigenvalue weighted by molar-refractivity contribution is 0.187. The second kappa shape index (κ2) is 7.24. The average Bonchev–Trinajstić information content (AvgIpc) is 2.29. The molecule has 0 aromatic carbocycles. The molecule has 0 atom stereocenters. The molecule has 1 aliphatic rings. The van der Waals surface area contributed by atoms with E-state index in [4.69, 9.17) is 5.73 Å². The first kappa shape index (κ1) is 13.0. The minimum absolute atomic E-state index is 0.822. The first-order valence-electron chi connectivity index (χ1n) is 6.72. The fourth-order valence-corrected chi connectivity index (χ4v) is 2.71. The van der Waals surface area contributed by atoms with Crippen LogP contribution < -0.4 is 5.73 Å². The summed E-state index contributed by atoms with van der Waals surface area (Å²) in [5.74, 6) is 1.77. The summed E-state index contributed by atoms with van der Waals surface area (Å²) in [5.41, 5.74) is 5.71. The Bertz CT molecular complexity index is 151. The Hall–Kier alpha value is -0.0800. The van der Waals surface area contributed by atoms with Crippen LogP contribution in [0.2, 0.25) is 0 Å². The van der Waals surface area contributed by atoms with Crippen molar-refractivity contribution in [3.8, 4) is 0 Å². The van der Waals surface area contributed by atoms with Gasteiger partial charge in [0.1, 0.15) is 0 Å². The highest BCUT2D eigenvalue weighted by Crippen LogP contribution is 2.28. The molecule has 0 spiro atoms. The normalized spacial score (nSPS) is 27.2. The molecule has 0 aromatic rings. The maximum Gasteiger partial charge on any atom is 0.000954 e. The third-order valence-electron chi connectivity index (χ3n) is 3.80. The Morgan fingerprint density at radius 2 is 1.67 bits per heavy atom. The molecule has 90 valence electrons. The van der Waals surface area contributed by atoms with Crippen molar-refractivity contribution in [2.75, 3.05) is 26.2 Å². The average molecular weight is 212 g/mol. The molecule has 0 bridgehead atoms. The first-order valence-corrected chi connectivity index (χ1v) is 6.72. The predicted octanol–water partition coefficient (Wildman–Crippen LogP) is 2.48. The Morgan fingerprint density at radius 1 is 1.07 bits per heavy atom. The van der Waals surface area contributed by atoms with Crippen LogP contribution in [0.15, 0.2) is 0 Å². The van der Waals surface area contributed by atoms with Gasteiger partial charge in [0.2, 0.25) is 0 Å². The van der Waals surface area contributed by atoms with Gasteiger partial charge in [0, 0.05) is 6.54 Å². The van der Waals surface area contributed by atoms with Gasteiger partial charge < -0.3 is 10.6 Å². The Kier molecular flexibility index (Phi) is 6.26. The topological polar surface area (TPSA) is 29.3 Å². The summed E-state index contributed by atoms with van der Waals surface area (Å²) < 4.78 is 0. The van der Waals surface area contributed by atoms with Crippen molar-refractivity contribution in [2.45, 2.75) is 46.0 Å². The summed E-state index contributed by atoms with van der Waals surface area (Å²) in [5, 5.41) is 0. The van der Waals surface area contributed by atoms with Crippen molar-refractivity contribution >= 4 is 0 Å². The van der Waals surface area contributed by atoms with E-state index in [9.17, 15) is 0 Å². The quantitative estimate of drug-likeness (QED) is 0.733. The minimum Gasteiger partial charge on any atom is -0.330 e. The molecule has 0 radical (unpaired) electrons. The highest BCUT2D eigenvalue weighted by molar-refractivity contribution is 4.75. The molecular formula is C13H28N2. The summed E-state index contributed by atoms with van der Waals surface area (Å²) in [7, 11) is 0. The fraction of sp³-hybridized carbons (Fsp3) is 1.00. The molecule has 2 N–H and O–H groups in total. The van der Waals surface area contributed by atoms with Crippen LogP contribution in [0.5, 0.6) is 0 Å². The molecule has 1 fully saturated rings. The summed E-state index contributed by atoms with van der Waals surface area (Å²) in [4.78, 5) is 2.60. The zero-order valence-electron chi connectivity index (χ0n) is 10.5. The Morgan fingerprint density at radius 3 is 2.13 bits per heavy atom. The van der Waals surface area contributed by atoms with Crippen LogP contribution >= 0.6 is 0 Å². The molecule has 1 saturated carbocycles. The van der Waals surface area contributed by atoms with E-state index in [0.717, 1.165) is 18.4 Å². The standard InChI is InChI=1S/C13H28N2/c1-3-9-15(4-2)11-13-7-5-12(10-14)6-8-13/h12-13H,3-11,14H2,1-2H3. The van der Waals surface area contributed by atoms with Gasteiger partial charge in [-0.25, -0.2) is 0 Å². The molecular weight excluding hydrogens is 184 g/mol. The van der Waals surface area contributed by atoms with E-state index in [0.29, 0.717) is 0 Å². The summed E-state index contributed by atoms with van der Waals surface area (Å²) in [6, 6.07) is 0. The zero-order chi connectivity index (χ0) is 11.1. The molecule has 0 saturated heterocycles. The molecule has 0 aliphatic heterocycles. The highest BCUT2D eigenvalue weighted by atomic mass is 15.1. The van der Waals surface area contributed by atoms with Crippen LogP contribution in [0, 0.1) is 11.8 Å². The maximum absolute atomic E-state index is 5.71.